The lowest BCUT2D eigenvalue weighted by Crippen LogP contribution is -2.28. The predicted octanol–water partition coefficient (Wildman–Crippen LogP) is 5.25. The summed E-state index contributed by atoms with van der Waals surface area (Å²) in [5.41, 5.74) is 0. The maximum Gasteiger partial charge on any atom is 0.306 e. The third kappa shape index (κ3) is 5.10. The average molecular weight is 280 g/mol. The third-order valence-electron chi connectivity index (χ3n) is 5.32. The normalized spacial score (nSPS) is 28.2. The summed E-state index contributed by atoms with van der Waals surface area (Å²) in [4.78, 5) is 11.7. The van der Waals surface area contributed by atoms with Crippen LogP contribution in [0, 0.1) is 11.8 Å². The van der Waals surface area contributed by atoms with Crippen molar-refractivity contribution in [2.45, 2.75) is 96.5 Å². The Morgan fingerprint density at radius 3 is 2.20 bits per heavy atom. The summed E-state index contributed by atoms with van der Waals surface area (Å²) < 4.78 is 5.63. The topological polar surface area (TPSA) is 26.3 Å². The van der Waals surface area contributed by atoms with Gasteiger partial charge in [0.1, 0.15) is 6.10 Å². The second-order valence-corrected chi connectivity index (χ2v) is 6.88. The minimum atomic E-state index is 0.0413. The molecular formula is C18H32O2. The van der Waals surface area contributed by atoms with Crippen LogP contribution in [0.3, 0.4) is 0 Å². The molecule has 116 valence electrons. The van der Waals surface area contributed by atoms with Gasteiger partial charge in [0.15, 0.2) is 0 Å². The predicted molar refractivity (Wildman–Crippen MR) is 82.6 cm³/mol. The van der Waals surface area contributed by atoms with Gasteiger partial charge in [-0.1, -0.05) is 51.9 Å². The van der Waals surface area contributed by atoms with Gasteiger partial charge in [-0.15, -0.1) is 0 Å². The first-order valence-electron chi connectivity index (χ1n) is 8.99. The molecule has 0 N–H and O–H groups in total. The molecule has 0 aliphatic heterocycles. The first kappa shape index (κ1) is 15.9. The molecule has 2 aliphatic carbocycles. The van der Waals surface area contributed by atoms with Crippen LogP contribution in [-0.2, 0) is 9.53 Å². The second-order valence-electron chi connectivity index (χ2n) is 6.88. The van der Waals surface area contributed by atoms with Gasteiger partial charge in [0.05, 0.1) is 0 Å². The summed E-state index contributed by atoms with van der Waals surface area (Å²) in [7, 11) is 0. The fraction of sp³-hybridized carbons (Fsp3) is 0.944. The lowest BCUT2D eigenvalue weighted by molar-refractivity contribution is -0.151. The smallest absolute Gasteiger partial charge is 0.306 e. The van der Waals surface area contributed by atoms with Gasteiger partial charge >= 0.3 is 5.97 Å². The van der Waals surface area contributed by atoms with E-state index in [2.05, 4.69) is 6.92 Å². The first-order chi connectivity index (χ1) is 9.79. The van der Waals surface area contributed by atoms with Crippen molar-refractivity contribution >= 4 is 5.97 Å². The largest absolute Gasteiger partial charge is 0.462 e. The summed E-state index contributed by atoms with van der Waals surface area (Å²) in [5, 5.41) is 0. The van der Waals surface area contributed by atoms with E-state index in [1.165, 1.54) is 51.4 Å². The fourth-order valence-electron chi connectivity index (χ4n) is 4.05. The van der Waals surface area contributed by atoms with Crippen molar-refractivity contribution in [2.75, 3.05) is 0 Å². The van der Waals surface area contributed by atoms with Crippen molar-refractivity contribution in [1.29, 1.82) is 0 Å². The van der Waals surface area contributed by atoms with Gasteiger partial charge in [-0.25, -0.2) is 0 Å². The maximum absolute atomic E-state index is 11.7. The number of carbonyl (C=O) groups is 1. The molecule has 0 unspecified atom stereocenters. The minimum Gasteiger partial charge on any atom is -0.462 e. The molecule has 2 heteroatoms. The Hall–Kier alpha value is -0.530. The van der Waals surface area contributed by atoms with Crippen LogP contribution in [-0.4, -0.2) is 12.1 Å². The van der Waals surface area contributed by atoms with Gasteiger partial charge in [0, 0.05) is 6.42 Å². The molecule has 0 spiro atoms. The SMILES string of the molecule is CCCCCC(=O)OC1CCC(C2CCCCC2)CC1. The molecule has 2 nitrogen and oxygen atoms in total. The van der Waals surface area contributed by atoms with Crippen molar-refractivity contribution in [2.24, 2.45) is 11.8 Å². The molecular weight excluding hydrogens is 248 g/mol. The summed E-state index contributed by atoms with van der Waals surface area (Å²) in [6, 6.07) is 0. The summed E-state index contributed by atoms with van der Waals surface area (Å²) in [5.74, 6) is 1.94. The van der Waals surface area contributed by atoms with Crippen LogP contribution in [0.5, 0.6) is 0 Å². The van der Waals surface area contributed by atoms with Crippen LogP contribution in [0.1, 0.15) is 90.4 Å². The Morgan fingerprint density at radius 1 is 0.900 bits per heavy atom. The molecule has 0 amide bonds. The van der Waals surface area contributed by atoms with Crippen molar-refractivity contribution in [3.05, 3.63) is 0 Å². The number of unbranched alkanes of at least 4 members (excludes halogenated alkanes) is 2. The number of ether oxygens (including phenoxy) is 1. The van der Waals surface area contributed by atoms with Gasteiger partial charge in [-0.05, 0) is 43.9 Å². The van der Waals surface area contributed by atoms with E-state index in [0.29, 0.717) is 6.42 Å². The van der Waals surface area contributed by atoms with Gasteiger partial charge in [-0.3, -0.25) is 4.79 Å². The zero-order valence-electron chi connectivity index (χ0n) is 13.2. The lowest BCUT2D eigenvalue weighted by atomic mass is 9.73. The van der Waals surface area contributed by atoms with Crippen molar-refractivity contribution < 1.29 is 9.53 Å². The van der Waals surface area contributed by atoms with E-state index >= 15 is 0 Å². The molecule has 2 saturated carbocycles. The molecule has 20 heavy (non-hydrogen) atoms. The van der Waals surface area contributed by atoms with Crippen LogP contribution in [0.15, 0.2) is 0 Å². The van der Waals surface area contributed by atoms with E-state index in [1.54, 1.807) is 0 Å². The van der Waals surface area contributed by atoms with Crippen LogP contribution in [0.2, 0.25) is 0 Å². The van der Waals surface area contributed by atoms with E-state index < -0.39 is 0 Å². The molecule has 0 heterocycles. The van der Waals surface area contributed by atoms with Crippen molar-refractivity contribution in [3.8, 4) is 0 Å². The Kier molecular flexibility index (Phi) is 6.89. The standard InChI is InChI=1S/C18H32O2/c1-2-3-5-10-18(19)20-17-13-11-16(12-14-17)15-8-6-4-7-9-15/h15-17H,2-14H2,1H3. The number of esters is 1. The highest BCUT2D eigenvalue weighted by molar-refractivity contribution is 5.69. The number of rotatable bonds is 6. The van der Waals surface area contributed by atoms with Crippen molar-refractivity contribution in [1.82, 2.24) is 0 Å². The van der Waals surface area contributed by atoms with Gasteiger partial charge in [-0.2, -0.15) is 0 Å². The molecule has 0 saturated heterocycles. The Bertz CT molecular complexity index is 273. The number of hydrogen-bond acceptors (Lipinski definition) is 2. The van der Waals surface area contributed by atoms with Gasteiger partial charge < -0.3 is 4.74 Å². The van der Waals surface area contributed by atoms with Gasteiger partial charge in [0.2, 0.25) is 0 Å². The van der Waals surface area contributed by atoms with E-state index in [1.807, 2.05) is 0 Å². The number of hydrogen-bond donors (Lipinski definition) is 0. The molecule has 0 atom stereocenters. The van der Waals surface area contributed by atoms with E-state index in [-0.39, 0.29) is 12.1 Å². The van der Waals surface area contributed by atoms with E-state index in [9.17, 15) is 4.79 Å². The fourth-order valence-corrected chi connectivity index (χ4v) is 4.05. The monoisotopic (exact) mass is 280 g/mol. The number of carbonyl (C=O) groups excluding carboxylic acids is 1. The van der Waals surface area contributed by atoms with Crippen LogP contribution in [0.25, 0.3) is 0 Å². The summed E-state index contributed by atoms with van der Waals surface area (Å²) in [6.45, 7) is 2.16. The molecule has 0 aromatic carbocycles. The van der Waals surface area contributed by atoms with Crippen molar-refractivity contribution in [3.63, 3.8) is 0 Å². The average Bonchev–Trinajstić information content (AvgIpc) is 2.49. The summed E-state index contributed by atoms with van der Waals surface area (Å²) in [6.07, 6.45) is 16.2. The highest BCUT2D eigenvalue weighted by Crippen LogP contribution is 2.38. The molecule has 2 fully saturated rings. The van der Waals surface area contributed by atoms with E-state index in [0.717, 1.165) is 37.5 Å². The van der Waals surface area contributed by atoms with Crippen LogP contribution < -0.4 is 0 Å². The Morgan fingerprint density at radius 2 is 1.55 bits per heavy atom. The Labute approximate surface area is 124 Å². The third-order valence-corrected chi connectivity index (χ3v) is 5.32. The molecule has 2 rings (SSSR count). The van der Waals surface area contributed by atoms with Crippen LogP contribution >= 0.6 is 0 Å². The zero-order chi connectivity index (χ0) is 14.2. The zero-order valence-corrected chi connectivity index (χ0v) is 13.2. The molecule has 0 aromatic heterocycles. The second kappa shape index (κ2) is 8.69. The molecule has 0 bridgehead atoms. The minimum absolute atomic E-state index is 0.0413. The first-order valence-corrected chi connectivity index (χ1v) is 8.99. The maximum atomic E-state index is 11.7. The van der Waals surface area contributed by atoms with Crippen LogP contribution in [0.4, 0.5) is 0 Å². The molecule has 2 aliphatic rings. The lowest BCUT2D eigenvalue weighted by Gasteiger charge is -2.35. The molecule has 0 radical (unpaired) electrons. The quantitative estimate of drug-likeness (QED) is 0.490. The summed E-state index contributed by atoms with van der Waals surface area (Å²) >= 11 is 0. The van der Waals surface area contributed by atoms with Gasteiger partial charge in [0.25, 0.3) is 0 Å². The highest BCUT2D eigenvalue weighted by atomic mass is 16.5. The Balaban J connectivity index is 1.62. The van der Waals surface area contributed by atoms with E-state index in [4.69, 9.17) is 4.74 Å². The highest BCUT2D eigenvalue weighted by Gasteiger charge is 2.29. The molecule has 0 aromatic rings.